The third kappa shape index (κ3) is 8.95. The second-order valence-corrected chi connectivity index (χ2v) is 2.62. The van der Waals surface area contributed by atoms with E-state index in [0.717, 1.165) is 24.3 Å². The smallest absolute Gasteiger partial charge is 0.0128 e. The average Bonchev–Trinajstić information content (AvgIpc) is 1.83. The molecule has 0 aromatic heterocycles. The lowest BCUT2D eigenvalue weighted by molar-refractivity contribution is 0.667. The van der Waals surface area contributed by atoms with E-state index < -0.39 is 0 Å². The van der Waals surface area contributed by atoms with Crippen molar-refractivity contribution < 1.29 is 0 Å². The first kappa shape index (κ1) is 12.6. The minimum atomic E-state index is 0. The highest BCUT2D eigenvalue weighted by atomic mass is 35.5. The van der Waals surface area contributed by atoms with Crippen molar-refractivity contribution in [3.8, 4) is 0 Å². The van der Waals surface area contributed by atoms with Gasteiger partial charge < -0.3 is 5.73 Å². The molecule has 0 aromatic rings. The van der Waals surface area contributed by atoms with Crippen LogP contribution in [0.3, 0.4) is 0 Å². The molecule has 1 nitrogen and oxygen atoms in total. The van der Waals surface area contributed by atoms with Crippen molar-refractivity contribution in [1.82, 2.24) is 0 Å². The van der Waals surface area contributed by atoms with Gasteiger partial charge in [0.15, 0.2) is 0 Å². The molecule has 0 aliphatic heterocycles. The zero-order valence-corrected chi connectivity index (χ0v) is 7.89. The summed E-state index contributed by atoms with van der Waals surface area (Å²) < 4.78 is 0. The largest absolute Gasteiger partial charge is 0.327 e. The maximum atomic E-state index is 5.55. The van der Waals surface area contributed by atoms with Crippen molar-refractivity contribution in [3.63, 3.8) is 0 Å². The average molecular weight is 188 g/mol. The summed E-state index contributed by atoms with van der Waals surface area (Å²) in [6.07, 6.45) is 2.15. The molecule has 0 heterocycles. The molecule has 0 saturated heterocycles. The van der Waals surface area contributed by atoms with E-state index in [1.54, 1.807) is 0 Å². The molecule has 0 aromatic carbocycles. The van der Waals surface area contributed by atoms with Crippen LogP contribution in [0.15, 0.2) is 0 Å². The molecule has 0 rings (SSSR count). The van der Waals surface area contributed by atoms with Crippen molar-refractivity contribution in [2.24, 2.45) is 5.73 Å². The van der Waals surface area contributed by atoms with E-state index in [-0.39, 0.29) is 18.4 Å². The molecule has 0 amide bonds. The van der Waals surface area contributed by atoms with E-state index in [1.807, 2.05) is 0 Å². The fourth-order valence-corrected chi connectivity index (χ4v) is 0.810. The molecule has 4 heteroatoms. The van der Waals surface area contributed by atoms with Gasteiger partial charge in [-0.1, -0.05) is 0 Å². The lowest BCUT2D eigenvalue weighted by Gasteiger charge is -2.04. The molecule has 0 fully saturated rings. The molecule has 0 unspecified atom stereocenters. The van der Waals surface area contributed by atoms with Crippen LogP contribution in [0.4, 0.5) is 0 Å². The van der Waals surface area contributed by atoms with Crippen LogP contribution in [0.25, 0.3) is 0 Å². The molecule has 0 radical (unpaired) electrons. The Balaban J connectivity index is 0. The van der Waals surface area contributed by atoms with Crippen LogP contribution in [-0.4, -0.2) is 17.5 Å². The zero-order valence-electron chi connectivity index (χ0n) is 5.29. The predicted molar refractivity (Wildman–Crippen MR) is 52.2 cm³/mol. The standard InChI is InChI=1S/C5H13NS2.ClH/c6-5(4-8)2-1-3-7;/h5,7-8H,1-4,6H2;1H/t5-;/m0./s1. The van der Waals surface area contributed by atoms with Gasteiger partial charge in [0.2, 0.25) is 0 Å². The SMILES string of the molecule is Cl.N[C@H](CS)CCCS. The quantitative estimate of drug-likeness (QED) is 0.570. The number of nitrogens with two attached hydrogens (primary N) is 1. The van der Waals surface area contributed by atoms with Crippen LogP contribution in [0.2, 0.25) is 0 Å². The van der Waals surface area contributed by atoms with E-state index >= 15 is 0 Å². The third-order valence-corrected chi connectivity index (χ3v) is 1.75. The molecule has 0 aliphatic carbocycles. The molecular formula is C5H14ClNS2. The Morgan fingerprint density at radius 3 is 2.22 bits per heavy atom. The summed E-state index contributed by atoms with van der Waals surface area (Å²) in [7, 11) is 0. The third-order valence-electron chi connectivity index (χ3n) is 0.968. The van der Waals surface area contributed by atoms with Crippen LogP contribution >= 0.6 is 37.7 Å². The monoisotopic (exact) mass is 187 g/mol. The molecule has 1 atom stereocenters. The molecule has 0 aliphatic rings. The van der Waals surface area contributed by atoms with E-state index in [9.17, 15) is 0 Å². The second kappa shape index (κ2) is 8.95. The summed E-state index contributed by atoms with van der Waals surface area (Å²) in [5, 5.41) is 0. The number of hydrogen-bond donors (Lipinski definition) is 3. The number of thiol groups is 2. The molecule has 0 saturated carbocycles. The Hall–Kier alpha value is 0.950. The van der Waals surface area contributed by atoms with E-state index in [4.69, 9.17) is 5.73 Å². The van der Waals surface area contributed by atoms with E-state index in [0.29, 0.717) is 0 Å². The number of hydrogen-bond acceptors (Lipinski definition) is 3. The van der Waals surface area contributed by atoms with Gasteiger partial charge in [0.1, 0.15) is 0 Å². The van der Waals surface area contributed by atoms with Crippen molar-refractivity contribution in [2.45, 2.75) is 18.9 Å². The van der Waals surface area contributed by atoms with Gasteiger partial charge in [-0.15, -0.1) is 12.4 Å². The van der Waals surface area contributed by atoms with Gasteiger partial charge in [0.05, 0.1) is 0 Å². The van der Waals surface area contributed by atoms with Crippen LogP contribution in [0.1, 0.15) is 12.8 Å². The minimum Gasteiger partial charge on any atom is -0.327 e. The summed E-state index contributed by atoms with van der Waals surface area (Å²) in [4.78, 5) is 0. The van der Waals surface area contributed by atoms with Crippen LogP contribution < -0.4 is 5.73 Å². The molecular weight excluding hydrogens is 174 g/mol. The van der Waals surface area contributed by atoms with Gasteiger partial charge in [0.25, 0.3) is 0 Å². The summed E-state index contributed by atoms with van der Waals surface area (Å²) >= 11 is 8.09. The Labute approximate surface area is 74.0 Å². The first-order valence-corrected chi connectivity index (χ1v) is 4.05. The van der Waals surface area contributed by atoms with Crippen LogP contribution in [-0.2, 0) is 0 Å². The summed E-state index contributed by atoms with van der Waals surface area (Å²) in [6, 6.07) is 0.269. The lowest BCUT2D eigenvalue weighted by atomic mass is 10.2. The Morgan fingerprint density at radius 1 is 1.33 bits per heavy atom. The van der Waals surface area contributed by atoms with Crippen molar-refractivity contribution in [3.05, 3.63) is 0 Å². The first-order valence-electron chi connectivity index (χ1n) is 2.78. The highest BCUT2D eigenvalue weighted by Crippen LogP contribution is 1.96. The summed E-state index contributed by atoms with van der Waals surface area (Å²) in [5.41, 5.74) is 5.55. The second-order valence-electron chi connectivity index (χ2n) is 1.81. The zero-order chi connectivity index (χ0) is 6.41. The van der Waals surface area contributed by atoms with Crippen LogP contribution in [0, 0.1) is 0 Å². The fraction of sp³-hybridized carbons (Fsp3) is 1.00. The number of halogens is 1. The van der Waals surface area contributed by atoms with Gasteiger partial charge in [-0.05, 0) is 18.6 Å². The topological polar surface area (TPSA) is 26.0 Å². The maximum absolute atomic E-state index is 5.55. The summed E-state index contributed by atoms with van der Waals surface area (Å²) in [5.74, 6) is 1.72. The Morgan fingerprint density at radius 2 is 1.89 bits per heavy atom. The van der Waals surface area contributed by atoms with Crippen LogP contribution in [0.5, 0.6) is 0 Å². The highest BCUT2D eigenvalue weighted by Gasteiger charge is 1.95. The predicted octanol–water partition coefficient (Wildman–Crippen LogP) is 1.38. The van der Waals surface area contributed by atoms with Gasteiger partial charge >= 0.3 is 0 Å². The van der Waals surface area contributed by atoms with Crippen molar-refractivity contribution >= 4 is 37.7 Å². The number of rotatable bonds is 4. The maximum Gasteiger partial charge on any atom is 0.0128 e. The van der Waals surface area contributed by atoms with Gasteiger partial charge in [-0.2, -0.15) is 25.3 Å². The summed E-state index contributed by atoms with van der Waals surface area (Å²) in [6.45, 7) is 0. The molecule has 2 N–H and O–H groups in total. The van der Waals surface area contributed by atoms with Crippen molar-refractivity contribution in [2.75, 3.05) is 11.5 Å². The van der Waals surface area contributed by atoms with E-state index in [2.05, 4.69) is 25.3 Å². The fourth-order valence-electron chi connectivity index (χ4n) is 0.445. The van der Waals surface area contributed by atoms with Gasteiger partial charge in [0, 0.05) is 11.8 Å². The molecule has 9 heavy (non-hydrogen) atoms. The van der Waals surface area contributed by atoms with Crippen molar-refractivity contribution in [1.29, 1.82) is 0 Å². The molecule has 0 spiro atoms. The first-order chi connectivity index (χ1) is 3.81. The van der Waals surface area contributed by atoms with E-state index in [1.165, 1.54) is 0 Å². The normalized spacial score (nSPS) is 12.3. The Kier molecular flexibility index (Phi) is 12.5. The minimum absolute atomic E-state index is 0. The molecule has 58 valence electrons. The molecule has 0 bridgehead atoms. The lowest BCUT2D eigenvalue weighted by Crippen LogP contribution is -2.21. The Bertz CT molecular complexity index is 54.2. The van der Waals surface area contributed by atoms with Gasteiger partial charge in [-0.3, -0.25) is 0 Å². The van der Waals surface area contributed by atoms with Gasteiger partial charge in [-0.25, -0.2) is 0 Å². The highest BCUT2D eigenvalue weighted by molar-refractivity contribution is 7.80.